The highest BCUT2D eigenvalue weighted by atomic mass is 16.7. The van der Waals surface area contributed by atoms with Crippen molar-refractivity contribution < 1.29 is 24.3 Å². The molecule has 3 N–H and O–H groups in total. The normalized spacial score (nSPS) is 12.4. The van der Waals surface area contributed by atoms with Crippen LogP contribution in [0.4, 0.5) is 0 Å². The van der Waals surface area contributed by atoms with Gasteiger partial charge in [0.15, 0.2) is 0 Å². The van der Waals surface area contributed by atoms with E-state index in [1.54, 1.807) is 24.5 Å². The highest BCUT2D eigenvalue weighted by Gasteiger charge is 2.21. The summed E-state index contributed by atoms with van der Waals surface area (Å²) in [6, 6.07) is 6.67. The monoisotopic (exact) mass is 404 g/mol. The smallest absolute Gasteiger partial charge is 0.251 e. The summed E-state index contributed by atoms with van der Waals surface area (Å²) in [5.41, 5.74) is 2.99. The van der Waals surface area contributed by atoms with Crippen LogP contribution in [0.2, 0.25) is 0 Å². The summed E-state index contributed by atoms with van der Waals surface area (Å²) in [6.45, 7) is 4.09. The van der Waals surface area contributed by atoms with Gasteiger partial charge >= 0.3 is 0 Å². The molecule has 0 aromatic heterocycles. The molecule has 1 aromatic rings. The maximum Gasteiger partial charge on any atom is 0.251 e. The summed E-state index contributed by atoms with van der Waals surface area (Å²) in [5, 5.41) is 11.6. The molecule has 0 saturated heterocycles. The number of carbonyl (C=O) groups is 2. The van der Waals surface area contributed by atoms with Crippen molar-refractivity contribution in [2.75, 3.05) is 20.5 Å². The van der Waals surface area contributed by atoms with Gasteiger partial charge in [0.2, 0.25) is 5.91 Å². The van der Waals surface area contributed by atoms with E-state index < -0.39 is 17.9 Å². The molecular formula is C22H32N2O5. The minimum absolute atomic E-state index is 0.0819. The fourth-order valence-electron chi connectivity index (χ4n) is 2.69. The van der Waals surface area contributed by atoms with E-state index in [2.05, 4.69) is 24.1 Å². The zero-order chi connectivity index (χ0) is 21.5. The van der Waals surface area contributed by atoms with E-state index in [1.165, 1.54) is 20.0 Å². The minimum Gasteiger partial charge on any atom is -0.359 e. The largest absolute Gasteiger partial charge is 0.359 e. The number of methoxy groups -OCH3 is 1. The predicted molar refractivity (Wildman–Crippen MR) is 110 cm³/mol. The van der Waals surface area contributed by atoms with Crippen molar-refractivity contribution in [3.8, 4) is 11.8 Å². The van der Waals surface area contributed by atoms with Gasteiger partial charge in [0, 0.05) is 30.6 Å². The van der Waals surface area contributed by atoms with Crippen LogP contribution in [0.1, 0.15) is 61.9 Å². The van der Waals surface area contributed by atoms with Crippen LogP contribution in [0, 0.1) is 17.8 Å². The maximum absolute atomic E-state index is 12.6. The fraction of sp³-hybridized carbons (Fsp3) is 0.545. The average Bonchev–Trinajstić information content (AvgIpc) is 2.73. The van der Waals surface area contributed by atoms with E-state index >= 15 is 0 Å². The second kappa shape index (κ2) is 14.6. The Morgan fingerprint density at radius 1 is 1.21 bits per heavy atom. The van der Waals surface area contributed by atoms with Crippen LogP contribution in [-0.2, 0) is 14.3 Å². The predicted octanol–water partition coefficient (Wildman–Crippen LogP) is 2.87. The highest BCUT2D eigenvalue weighted by molar-refractivity contribution is 5.94. The van der Waals surface area contributed by atoms with Crippen molar-refractivity contribution in [2.45, 2.75) is 52.0 Å². The SMILES string of the molecule is CCCCCC#Cc1ccc(C(=O)N[C@H](COCOC)C[C@H](C)C(=O)NO)cc1. The van der Waals surface area contributed by atoms with Crippen LogP contribution in [0.15, 0.2) is 24.3 Å². The Balaban J connectivity index is 2.68. The number of benzene rings is 1. The van der Waals surface area contributed by atoms with Gasteiger partial charge in [-0.2, -0.15) is 0 Å². The first kappa shape index (κ1) is 24.6. The van der Waals surface area contributed by atoms with Crippen LogP contribution < -0.4 is 10.8 Å². The molecule has 0 radical (unpaired) electrons. The summed E-state index contributed by atoms with van der Waals surface area (Å²) < 4.78 is 10.2. The van der Waals surface area contributed by atoms with E-state index in [4.69, 9.17) is 14.7 Å². The van der Waals surface area contributed by atoms with Crippen molar-refractivity contribution in [1.82, 2.24) is 10.8 Å². The van der Waals surface area contributed by atoms with Crippen LogP contribution in [0.25, 0.3) is 0 Å². The highest BCUT2D eigenvalue weighted by Crippen LogP contribution is 2.10. The van der Waals surface area contributed by atoms with E-state index in [1.807, 2.05) is 12.1 Å². The standard InChI is InChI=1S/C22H32N2O5/c1-4-5-6-7-8-9-18-10-12-19(13-11-18)22(26)23-20(15-29-16-28-3)14-17(2)21(25)24-27/h10-13,17,20,27H,4-7,14-16H2,1-3H3,(H,23,26)(H,24,25)/t17-,20-/m0/s1. The Morgan fingerprint density at radius 3 is 2.55 bits per heavy atom. The molecule has 0 fully saturated rings. The Morgan fingerprint density at radius 2 is 1.93 bits per heavy atom. The van der Waals surface area contributed by atoms with Gasteiger partial charge in [0.05, 0.1) is 12.6 Å². The molecule has 29 heavy (non-hydrogen) atoms. The number of hydroxylamine groups is 1. The first-order valence-electron chi connectivity index (χ1n) is 9.92. The third-order valence-electron chi connectivity index (χ3n) is 4.34. The zero-order valence-corrected chi connectivity index (χ0v) is 17.5. The van der Waals surface area contributed by atoms with Crippen molar-refractivity contribution in [3.63, 3.8) is 0 Å². The summed E-state index contributed by atoms with van der Waals surface area (Å²) >= 11 is 0. The summed E-state index contributed by atoms with van der Waals surface area (Å²) in [5.74, 6) is 4.97. The average molecular weight is 405 g/mol. The van der Waals surface area contributed by atoms with Gasteiger partial charge in [-0.25, -0.2) is 5.48 Å². The van der Waals surface area contributed by atoms with E-state index in [9.17, 15) is 9.59 Å². The quantitative estimate of drug-likeness (QED) is 0.164. The van der Waals surface area contributed by atoms with Gasteiger partial charge in [0.1, 0.15) is 6.79 Å². The van der Waals surface area contributed by atoms with Crippen LogP contribution >= 0.6 is 0 Å². The lowest BCUT2D eigenvalue weighted by molar-refractivity contribution is -0.133. The molecule has 1 aromatic carbocycles. The number of hydrogen-bond acceptors (Lipinski definition) is 5. The maximum atomic E-state index is 12.6. The minimum atomic E-state index is -0.516. The Bertz CT molecular complexity index is 679. The van der Waals surface area contributed by atoms with Crippen molar-refractivity contribution in [1.29, 1.82) is 0 Å². The molecule has 0 aliphatic rings. The fourth-order valence-corrected chi connectivity index (χ4v) is 2.69. The lowest BCUT2D eigenvalue weighted by Gasteiger charge is -2.21. The van der Waals surface area contributed by atoms with Crippen molar-refractivity contribution in [3.05, 3.63) is 35.4 Å². The van der Waals surface area contributed by atoms with Crippen molar-refractivity contribution in [2.24, 2.45) is 5.92 Å². The molecular weight excluding hydrogens is 372 g/mol. The first-order chi connectivity index (χ1) is 14.0. The van der Waals surface area contributed by atoms with Crippen LogP contribution in [-0.4, -0.2) is 43.6 Å². The Hall–Kier alpha value is -2.40. The molecule has 0 aliphatic carbocycles. The van der Waals surface area contributed by atoms with Gasteiger partial charge in [-0.3, -0.25) is 14.8 Å². The van der Waals surface area contributed by atoms with Gasteiger partial charge in [-0.15, -0.1) is 0 Å². The van der Waals surface area contributed by atoms with Crippen LogP contribution in [0.3, 0.4) is 0 Å². The molecule has 160 valence electrons. The third kappa shape index (κ3) is 10.1. The van der Waals surface area contributed by atoms with E-state index in [0.29, 0.717) is 12.0 Å². The molecule has 1 rings (SSSR count). The topological polar surface area (TPSA) is 96.9 Å². The first-order valence-corrected chi connectivity index (χ1v) is 9.92. The van der Waals surface area contributed by atoms with Gasteiger partial charge < -0.3 is 14.8 Å². The number of unbranched alkanes of at least 4 members (excludes halogenated alkanes) is 3. The summed E-state index contributed by atoms with van der Waals surface area (Å²) in [6.07, 6.45) is 4.64. The molecule has 2 amide bonds. The second-order valence-corrected chi connectivity index (χ2v) is 6.90. The van der Waals surface area contributed by atoms with E-state index in [-0.39, 0.29) is 19.3 Å². The molecule has 0 aliphatic heterocycles. The summed E-state index contributed by atoms with van der Waals surface area (Å²) in [7, 11) is 1.50. The summed E-state index contributed by atoms with van der Waals surface area (Å²) in [4.78, 5) is 24.1. The third-order valence-corrected chi connectivity index (χ3v) is 4.34. The molecule has 0 heterocycles. The zero-order valence-electron chi connectivity index (χ0n) is 17.5. The molecule has 0 saturated carbocycles. The van der Waals surface area contributed by atoms with Crippen molar-refractivity contribution >= 4 is 11.8 Å². The molecule has 0 unspecified atom stereocenters. The van der Waals surface area contributed by atoms with Gasteiger partial charge in [-0.1, -0.05) is 38.5 Å². The molecule has 0 bridgehead atoms. The van der Waals surface area contributed by atoms with Crippen LogP contribution in [0.5, 0.6) is 0 Å². The molecule has 7 nitrogen and oxygen atoms in total. The lowest BCUT2D eigenvalue weighted by Crippen LogP contribution is -2.41. The van der Waals surface area contributed by atoms with Gasteiger partial charge in [0.25, 0.3) is 5.91 Å². The molecule has 2 atom stereocenters. The molecule has 7 heteroatoms. The number of rotatable bonds is 12. The number of ether oxygens (including phenoxy) is 2. The molecule has 0 spiro atoms. The number of hydrogen-bond donors (Lipinski definition) is 3. The van der Waals surface area contributed by atoms with Gasteiger partial charge in [-0.05, 0) is 37.1 Å². The second-order valence-electron chi connectivity index (χ2n) is 6.90. The lowest BCUT2D eigenvalue weighted by atomic mass is 10.0. The number of nitrogens with one attached hydrogen (secondary N) is 2. The number of amides is 2. The Labute approximate surface area is 173 Å². The number of carbonyl (C=O) groups excluding carboxylic acids is 2. The Kier molecular flexibility index (Phi) is 12.4. The van der Waals surface area contributed by atoms with E-state index in [0.717, 1.165) is 18.4 Å².